The van der Waals surface area contributed by atoms with Crippen LogP contribution in [0.25, 0.3) is 0 Å². The third-order valence-corrected chi connectivity index (χ3v) is 2.69. The van der Waals surface area contributed by atoms with E-state index in [1.165, 1.54) is 0 Å². The molecule has 0 aliphatic heterocycles. The molecule has 0 aliphatic carbocycles. The fourth-order valence-corrected chi connectivity index (χ4v) is 1.73. The van der Waals surface area contributed by atoms with Crippen molar-refractivity contribution in [1.82, 2.24) is 9.97 Å². The Morgan fingerprint density at radius 1 is 1.37 bits per heavy atom. The van der Waals surface area contributed by atoms with Crippen molar-refractivity contribution in [2.24, 2.45) is 0 Å². The summed E-state index contributed by atoms with van der Waals surface area (Å²) in [6.07, 6.45) is 4.23. The summed E-state index contributed by atoms with van der Waals surface area (Å²) in [6, 6.07) is 5.54. The molecule has 0 unspecified atom stereocenters. The number of hydrogen-bond acceptors (Lipinski definition) is 4. The van der Waals surface area contributed by atoms with Gasteiger partial charge in [-0.05, 0) is 38.5 Å². The van der Waals surface area contributed by atoms with Crippen molar-refractivity contribution in [3.63, 3.8) is 0 Å². The Morgan fingerprint density at radius 2 is 2.16 bits per heavy atom. The zero-order chi connectivity index (χ0) is 13.8. The highest BCUT2D eigenvalue weighted by atomic mass is 16.5. The summed E-state index contributed by atoms with van der Waals surface area (Å²) in [5.41, 5.74) is 9.05. The first-order valence-electron chi connectivity index (χ1n) is 6.07. The molecule has 0 radical (unpaired) electrons. The van der Waals surface area contributed by atoms with Crippen LogP contribution in [0.3, 0.4) is 0 Å². The van der Waals surface area contributed by atoms with Crippen LogP contribution < -0.4 is 10.5 Å². The van der Waals surface area contributed by atoms with E-state index in [-0.39, 0.29) is 0 Å². The smallest absolute Gasteiger partial charge is 0.241 e. The summed E-state index contributed by atoms with van der Waals surface area (Å²) < 4.78 is 5.85. The van der Waals surface area contributed by atoms with E-state index in [0.717, 1.165) is 22.7 Å². The molecule has 19 heavy (non-hydrogen) atoms. The highest BCUT2D eigenvalue weighted by molar-refractivity contribution is 5.49. The zero-order valence-electron chi connectivity index (χ0n) is 11.2. The number of anilines is 1. The first-order valence-corrected chi connectivity index (χ1v) is 6.07. The first-order chi connectivity index (χ1) is 9.10. The highest BCUT2D eigenvalue weighted by Crippen LogP contribution is 2.28. The van der Waals surface area contributed by atoms with Gasteiger partial charge in [0.15, 0.2) is 0 Å². The number of nitrogens with zero attached hydrogens (tertiary/aromatic N) is 2. The number of aryl methyl sites for hydroxylation is 2. The summed E-state index contributed by atoms with van der Waals surface area (Å²) in [5, 5.41) is 0. The Kier molecular flexibility index (Phi) is 3.80. The van der Waals surface area contributed by atoms with Gasteiger partial charge in [0.05, 0.1) is 11.4 Å². The van der Waals surface area contributed by atoms with E-state index in [1.807, 2.05) is 32.1 Å². The van der Waals surface area contributed by atoms with E-state index >= 15 is 0 Å². The van der Waals surface area contributed by atoms with Gasteiger partial charge in [0, 0.05) is 17.4 Å². The molecule has 0 spiro atoms. The van der Waals surface area contributed by atoms with Gasteiger partial charge in [0.2, 0.25) is 5.88 Å². The molecule has 0 saturated carbocycles. The van der Waals surface area contributed by atoms with Crippen LogP contribution >= 0.6 is 0 Å². The largest absolute Gasteiger partial charge is 0.437 e. The van der Waals surface area contributed by atoms with Crippen LogP contribution in [0.5, 0.6) is 11.6 Å². The van der Waals surface area contributed by atoms with Crippen LogP contribution in [0.15, 0.2) is 37.1 Å². The lowest BCUT2D eigenvalue weighted by Gasteiger charge is -2.11. The fourth-order valence-electron chi connectivity index (χ4n) is 1.73. The number of benzene rings is 1. The topological polar surface area (TPSA) is 61.0 Å². The molecule has 98 valence electrons. The molecule has 1 heterocycles. The second-order valence-corrected chi connectivity index (χ2v) is 4.36. The molecule has 2 aromatic rings. The summed E-state index contributed by atoms with van der Waals surface area (Å²) in [6.45, 7) is 7.49. The number of aromatic nitrogens is 2. The van der Waals surface area contributed by atoms with E-state index in [4.69, 9.17) is 10.5 Å². The molecule has 0 saturated heterocycles. The average Bonchev–Trinajstić information content (AvgIpc) is 2.37. The normalized spacial score (nSPS) is 10.2. The Balaban J connectivity index is 2.37. The van der Waals surface area contributed by atoms with Crippen molar-refractivity contribution in [3.05, 3.63) is 54.0 Å². The molecular formula is C15H17N3O. The maximum Gasteiger partial charge on any atom is 0.241 e. The van der Waals surface area contributed by atoms with Gasteiger partial charge in [-0.1, -0.05) is 6.08 Å². The van der Waals surface area contributed by atoms with Crippen LogP contribution in [0.4, 0.5) is 5.69 Å². The second-order valence-electron chi connectivity index (χ2n) is 4.36. The molecule has 1 aromatic carbocycles. The SMILES string of the molecule is C=CCc1cc(N)ccc1Oc1nc(C)cnc1C. The standard InChI is InChI=1S/C15H17N3O/c1-4-5-12-8-13(16)6-7-14(12)19-15-11(3)17-9-10(2)18-15/h4,6-9H,1,5,16H2,2-3H3. The monoisotopic (exact) mass is 255 g/mol. The number of nitrogens with two attached hydrogens (primary N) is 1. The first kappa shape index (κ1) is 13.1. The molecule has 0 atom stereocenters. The lowest BCUT2D eigenvalue weighted by atomic mass is 10.1. The molecule has 2 N–H and O–H groups in total. The third-order valence-electron chi connectivity index (χ3n) is 2.69. The minimum absolute atomic E-state index is 0.523. The van der Waals surface area contributed by atoms with Crippen LogP contribution in [0.1, 0.15) is 17.0 Å². The summed E-state index contributed by atoms with van der Waals surface area (Å²) >= 11 is 0. The summed E-state index contributed by atoms with van der Waals surface area (Å²) in [7, 11) is 0. The third kappa shape index (κ3) is 3.10. The molecular weight excluding hydrogens is 238 g/mol. The number of ether oxygens (including phenoxy) is 1. The van der Waals surface area contributed by atoms with Gasteiger partial charge in [-0.3, -0.25) is 4.98 Å². The van der Waals surface area contributed by atoms with E-state index < -0.39 is 0 Å². The van der Waals surface area contributed by atoms with E-state index in [1.54, 1.807) is 12.3 Å². The fraction of sp³-hybridized carbons (Fsp3) is 0.200. The summed E-state index contributed by atoms with van der Waals surface area (Å²) in [5.74, 6) is 1.26. The molecule has 0 amide bonds. The molecule has 0 bridgehead atoms. The van der Waals surface area contributed by atoms with Crippen molar-refractivity contribution >= 4 is 5.69 Å². The van der Waals surface area contributed by atoms with Gasteiger partial charge in [0.1, 0.15) is 5.75 Å². The van der Waals surface area contributed by atoms with E-state index in [9.17, 15) is 0 Å². The number of rotatable bonds is 4. The Hall–Kier alpha value is -2.36. The van der Waals surface area contributed by atoms with Crippen molar-refractivity contribution in [2.45, 2.75) is 20.3 Å². The maximum atomic E-state index is 5.85. The number of nitrogen functional groups attached to an aromatic ring is 1. The Morgan fingerprint density at radius 3 is 2.89 bits per heavy atom. The predicted molar refractivity (Wildman–Crippen MR) is 76.3 cm³/mol. The average molecular weight is 255 g/mol. The highest BCUT2D eigenvalue weighted by Gasteiger charge is 2.09. The van der Waals surface area contributed by atoms with Crippen LogP contribution in [0, 0.1) is 13.8 Å². The predicted octanol–water partition coefficient (Wildman–Crippen LogP) is 3.20. The van der Waals surface area contributed by atoms with Gasteiger partial charge in [-0.15, -0.1) is 6.58 Å². The van der Waals surface area contributed by atoms with Crippen LogP contribution in [0.2, 0.25) is 0 Å². The van der Waals surface area contributed by atoms with Gasteiger partial charge < -0.3 is 10.5 Å². The number of hydrogen-bond donors (Lipinski definition) is 1. The minimum atomic E-state index is 0.523. The number of allylic oxidation sites excluding steroid dienone is 1. The molecule has 1 aromatic heterocycles. The zero-order valence-corrected chi connectivity index (χ0v) is 11.2. The van der Waals surface area contributed by atoms with Crippen molar-refractivity contribution in [2.75, 3.05) is 5.73 Å². The van der Waals surface area contributed by atoms with Gasteiger partial charge in [0.25, 0.3) is 0 Å². The van der Waals surface area contributed by atoms with Crippen LogP contribution in [-0.2, 0) is 6.42 Å². The molecule has 4 nitrogen and oxygen atoms in total. The maximum absolute atomic E-state index is 5.85. The van der Waals surface area contributed by atoms with E-state index in [0.29, 0.717) is 18.0 Å². The Bertz CT molecular complexity index is 608. The second kappa shape index (κ2) is 5.52. The van der Waals surface area contributed by atoms with Gasteiger partial charge in [-0.25, -0.2) is 4.98 Å². The molecule has 0 fully saturated rings. The summed E-state index contributed by atoms with van der Waals surface area (Å²) in [4.78, 5) is 8.59. The van der Waals surface area contributed by atoms with Crippen molar-refractivity contribution in [1.29, 1.82) is 0 Å². The van der Waals surface area contributed by atoms with E-state index in [2.05, 4.69) is 16.5 Å². The molecule has 4 heteroatoms. The van der Waals surface area contributed by atoms with Crippen molar-refractivity contribution < 1.29 is 4.74 Å². The van der Waals surface area contributed by atoms with Crippen molar-refractivity contribution in [3.8, 4) is 11.6 Å². The minimum Gasteiger partial charge on any atom is -0.437 e. The Labute approximate surface area is 113 Å². The van der Waals surface area contributed by atoms with Crippen LogP contribution in [-0.4, -0.2) is 9.97 Å². The molecule has 2 rings (SSSR count). The van der Waals surface area contributed by atoms with Gasteiger partial charge >= 0.3 is 0 Å². The lowest BCUT2D eigenvalue weighted by Crippen LogP contribution is -1.99. The molecule has 0 aliphatic rings. The quantitative estimate of drug-likeness (QED) is 0.673. The lowest BCUT2D eigenvalue weighted by molar-refractivity contribution is 0.449. The van der Waals surface area contributed by atoms with Gasteiger partial charge in [-0.2, -0.15) is 0 Å².